The van der Waals surface area contributed by atoms with Gasteiger partial charge in [-0.2, -0.15) is 0 Å². The minimum Gasteiger partial charge on any atom is -0.312 e. The molecule has 4 rings (SSSR count). The largest absolute Gasteiger partial charge is 0.312 e. The fourth-order valence-corrected chi connectivity index (χ4v) is 3.72. The molecule has 9 heteroatoms. The van der Waals surface area contributed by atoms with E-state index in [0.717, 1.165) is 10.5 Å². The highest BCUT2D eigenvalue weighted by Gasteiger charge is 2.44. The van der Waals surface area contributed by atoms with Crippen molar-refractivity contribution in [2.75, 3.05) is 13.1 Å². The van der Waals surface area contributed by atoms with Gasteiger partial charge in [-0.05, 0) is 24.1 Å². The maximum absolute atomic E-state index is 13.7. The van der Waals surface area contributed by atoms with Crippen LogP contribution in [0.1, 0.15) is 39.1 Å². The highest BCUT2D eigenvalue weighted by atomic mass is 19.1. The lowest BCUT2D eigenvalue weighted by molar-refractivity contribution is -0.136. The number of imide groups is 2. The Morgan fingerprint density at radius 2 is 1.89 bits per heavy atom. The monoisotopic (exact) mass is 374 g/mol. The average molecular weight is 374 g/mol. The van der Waals surface area contributed by atoms with Gasteiger partial charge in [-0.1, -0.05) is 6.07 Å². The summed E-state index contributed by atoms with van der Waals surface area (Å²) in [5, 5.41) is 8.23. The SMILES string of the molecule is O=C1CCC(N2C(=O)c3ccc(CN[C@H]4CNC[C@H]4F)cc3C2=O)C(=O)N1. The number of nitrogens with one attached hydrogen (secondary N) is 3. The number of carbonyl (C=O) groups is 4. The third-order valence-corrected chi connectivity index (χ3v) is 5.21. The van der Waals surface area contributed by atoms with E-state index in [-0.39, 0.29) is 30.0 Å². The van der Waals surface area contributed by atoms with E-state index in [0.29, 0.717) is 19.6 Å². The number of rotatable bonds is 4. The zero-order valence-electron chi connectivity index (χ0n) is 14.5. The Kier molecular flexibility index (Phi) is 4.48. The average Bonchev–Trinajstić information content (AvgIpc) is 3.15. The van der Waals surface area contributed by atoms with E-state index < -0.39 is 35.8 Å². The van der Waals surface area contributed by atoms with E-state index in [1.807, 2.05) is 0 Å². The highest BCUT2D eigenvalue weighted by molar-refractivity contribution is 6.23. The van der Waals surface area contributed by atoms with Crippen molar-refractivity contribution in [2.24, 2.45) is 0 Å². The minimum atomic E-state index is -0.978. The number of fused-ring (bicyclic) bond motifs is 1. The fourth-order valence-electron chi connectivity index (χ4n) is 3.72. The molecule has 1 aromatic carbocycles. The Morgan fingerprint density at radius 1 is 1.11 bits per heavy atom. The van der Waals surface area contributed by atoms with Crippen LogP contribution in [-0.2, 0) is 16.1 Å². The van der Waals surface area contributed by atoms with Crippen LogP contribution in [0.5, 0.6) is 0 Å². The van der Waals surface area contributed by atoms with Crippen molar-refractivity contribution in [3.8, 4) is 0 Å². The van der Waals surface area contributed by atoms with Crippen LogP contribution in [0, 0.1) is 0 Å². The molecule has 8 nitrogen and oxygen atoms in total. The Morgan fingerprint density at radius 3 is 2.59 bits per heavy atom. The van der Waals surface area contributed by atoms with Gasteiger partial charge in [-0.25, -0.2) is 4.39 Å². The van der Waals surface area contributed by atoms with E-state index in [2.05, 4.69) is 16.0 Å². The smallest absolute Gasteiger partial charge is 0.262 e. The van der Waals surface area contributed by atoms with Crippen LogP contribution in [0.2, 0.25) is 0 Å². The molecule has 1 aromatic rings. The van der Waals surface area contributed by atoms with Crippen LogP contribution in [0.4, 0.5) is 4.39 Å². The first-order valence-corrected chi connectivity index (χ1v) is 8.88. The zero-order valence-corrected chi connectivity index (χ0v) is 14.5. The van der Waals surface area contributed by atoms with Crippen LogP contribution in [0.3, 0.4) is 0 Å². The molecular weight excluding hydrogens is 355 g/mol. The number of hydrogen-bond donors (Lipinski definition) is 3. The van der Waals surface area contributed by atoms with Gasteiger partial charge < -0.3 is 10.6 Å². The molecule has 0 aromatic heterocycles. The van der Waals surface area contributed by atoms with Gasteiger partial charge in [-0.15, -0.1) is 0 Å². The standard InChI is InChI=1S/C18H19FN4O4/c19-12-7-20-8-13(12)21-6-9-1-2-10-11(5-9)18(27)23(17(10)26)14-3-4-15(24)22-16(14)25/h1-2,5,12-14,20-21H,3-4,6-8H2,(H,22,24,25)/t12-,13+,14?/m1/s1. The molecule has 0 spiro atoms. The van der Waals surface area contributed by atoms with E-state index in [1.165, 1.54) is 0 Å². The lowest BCUT2D eigenvalue weighted by Crippen LogP contribution is -2.54. The second-order valence-electron chi connectivity index (χ2n) is 6.99. The summed E-state index contributed by atoms with van der Waals surface area (Å²) in [5.74, 6) is -2.12. The lowest BCUT2D eigenvalue weighted by Gasteiger charge is -2.27. The van der Waals surface area contributed by atoms with Crippen LogP contribution in [0.15, 0.2) is 18.2 Å². The summed E-state index contributed by atoms with van der Waals surface area (Å²) in [7, 11) is 0. The van der Waals surface area contributed by atoms with Crippen LogP contribution in [0.25, 0.3) is 0 Å². The number of nitrogens with zero attached hydrogens (tertiary/aromatic N) is 1. The molecule has 4 amide bonds. The summed E-state index contributed by atoms with van der Waals surface area (Å²) in [6, 6.07) is 3.59. The summed E-state index contributed by atoms with van der Waals surface area (Å²) in [6.45, 7) is 1.21. The Bertz CT molecular complexity index is 843. The second-order valence-corrected chi connectivity index (χ2v) is 6.99. The predicted octanol–water partition coefficient (Wildman–Crippen LogP) is -0.513. The molecule has 0 bridgehead atoms. The summed E-state index contributed by atoms with van der Waals surface area (Å²) in [4.78, 5) is 49.7. The lowest BCUT2D eigenvalue weighted by atomic mass is 10.0. The second kappa shape index (κ2) is 6.82. The third-order valence-electron chi connectivity index (χ3n) is 5.21. The zero-order chi connectivity index (χ0) is 19.1. The van der Waals surface area contributed by atoms with Crippen molar-refractivity contribution < 1.29 is 23.6 Å². The Hall–Kier alpha value is -2.65. The molecule has 3 aliphatic heterocycles. The molecule has 0 saturated carbocycles. The van der Waals surface area contributed by atoms with E-state index in [1.54, 1.807) is 18.2 Å². The number of alkyl halides is 1. The molecule has 3 N–H and O–H groups in total. The number of amides is 4. The van der Waals surface area contributed by atoms with E-state index in [9.17, 15) is 23.6 Å². The maximum atomic E-state index is 13.7. The number of halogens is 1. The molecule has 1 unspecified atom stereocenters. The highest BCUT2D eigenvalue weighted by Crippen LogP contribution is 2.28. The molecule has 0 radical (unpaired) electrons. The van der Waals surface area contributed by atoms with Gasteiger partial charge in [-0.3, -0.25) is 29.4 Å². The summed E-state index contributed by atoms with van der Waals surface area (Å²) >= 11 is 0. The van der Waals surface area contributed by atoms with Crippen LogP contribution < -0.4 is 16.0 Å². The molecule has 2 fully saturated rings. The normalized spacial score (nSPS) is 27.9. The van der Waals surface area contributed by atoms with Gasteiger partial charge in [0.15, 0.2) is 0 Å². The van der Waals surface area contributed by atoms with Crippen molar-refractivity contribution >= 4 is 23.6 Å². The van der Waals surface area contributed by atoms with Crippen LogP contribution in [-0.4, -0.2) is 59.9 Å². The van der Waals surface area contributed by atoms with Gasteiger partial charge in [0.05, 0.1) is 17.2 Å². The molecule has 142 valence electrons. The maximum Gasteiger partial charge on any atom is 0.262 e. The summed E-state index contributed by atoms with van der Waals surface area (Å²) in [6.07, 6.45) is -0.763. The van der Waals surface area contributed by atoms with E-state index >= 15 is 0 Å². The molecule has 3 atom stereocenters. The Labute approximate surface area is 154 Å². The summed E-state index contributed by atoms with van der Waals surface area (Å²) in [5.41, 5.74) is 1.21. The first-order chi connectivity index (χ1) is 13.0. The van der Waals surface area contributed by atoms with Crippen molar-refractivity contribution in [2.45, 2.75) is 37.6 Å². The molecule has 3 aliphatic rings. The van der Waals surface area contributed by atoms with Crippen molar-refractivity contribution in [1.82, 2.24) is 20.9 Å². The quantitative estimate of drug-likeness (QED) is 0.613. The van der Waals surface area contributed by atoms with Crippen molar-refractivity contribution in [1.29, 1.82) is 0 Å². The van der Waals surface area contributed by atoms with Crippen molar-refractivity contribution in [3.63, 3.8) is 0 Å². The molecule has 0 aliphatic carbocycles. The third kappa shape index (κ3) is 3.13. The number of hydrogen-bond acceptors (Lipinski definition) is 6. The fraction of sp³-hybridized carbons (Fsp3) is 0.444. The van der Waals surface area contributed by atoms with Gasteiger partial charge in [0.25, 0.3) is 11.8 Å². The molecule has 27 heavy (non-hydrogen) atoms. The number of carbonyl (C=O) groups excluding carboxylic acids is 4. The van der Waals surface area contributed by atoms with Gasteiger partial charge in [0.1, 0.15) is 12.2 Å². The van der Waals surface area contributed by atoms with Crippen molar-refractivity contribution in [3.05, 3.63) is 34.9 Å². The number of benzene rings is 1. The molecule has 2 saturated heterocycles. The van der Waals surface area contributed by atoms with E-state index in [4.69, 9.17) is 0 Å². The summed E-state index contributed by atoms with van der Waals surface area (Å²) < 4.78 is 13.7. The Balaban J connectivity index is 1.51. The minimum absolute atomic E-state index is 0.0821. The molecule has 3 heterocycles. The van der Waals surface area contributed by atoms with Gasteiger partial charge in [0.2, 0.25) is 11.8 Å². The van der Waals surface area contributed by atoms with Gasteiger partial charge >= 0.3 is 0 Å². The molecular formula is C18H19FN4O4. The topological polar surface area (TPSA) is 108 Å². The van der Waals surface area contributed by atoms with Gasteiger partial charge in [0, 0.05) is 26.1 Å². The van der Waals surface area contributed by atoms with Crippen LogP contribution >= 0.6 is 0 Å². The predicted molar refractivity (Wildman–Crippen MR) is 91.5 cm³/mol. The first-order valence-electron chi connectivity index (χ1n) is 8.88. The number of piperidine rings is 1. The first kappa shape index (κ1) is 17.7.